The lowest BCUT2D eigenvalue weighted by atomic mass is 10.0. The summed E-state index contributed by atoms with van der Waals surface area (Å²) in [7, 11) is 1.74. The summed E-state index contributed by atoms with van der Waals surface area (Å²) in [6, 6.07) is 4.77. The summed E-state index contributed by atoms with van der Waals surface area (Å²) in [5.74, 6) is -0.834. The van der Waals surface area contributed by atoms with E-state index in [0.717, 1.165) is 0 Å². The molecule has 0 aliphatic rings. The number of benzene rings is 1. The molecule has 1 heterocycles. The minimum absolute atomic E-state index is 0.270. The molecule has 1 aromatic carbocycles. The first-order valence-corrected chi connectivity index (χ1v) is 8.37. The van der Waals surface area contributed by atoms with Gasteiger partial charge >= 0.3 is 5.97 Å². The fourth-order valence-electron chi connectivity index (χ4n) is 2.12. The van der Waals surface area contributed by atoms with Gasteiger partial charge in [0.05, 0.1) is 17.1 Å². The number of halogens is 3. The van der Waals surface area contributed by atoms with Crippen LogP contribution in [-0.2, 0) is 11.8 Å². The van der Waals surface area contributed by atoms with E-state index in [1.54, 1.807) is 37.7 Å². The van der Waals surface area contributed by atoms with E-state index in [0.29, 0.717) is 27.0 Å². The van der Waals surface area contributed by atoms with Crippen molar-refractivity contribution in [3.63, 3.8) is 0 Å². The fraction of sp³-hybridized carbons (Fsp3) is 0.333. The van der Waals surface area contributed by atoms with Crippen molar-refractivity contribution in [3.05, 3.63) is 51.0 Å². The maximum absolute atomic E-state index is 14.2. The number of aryl methyl sites for hydroxylation is 1. The van der Waals surface area contributed by atoms with E-state index >= 15 is 0 Å². The summed E-state index contributed by atoms with van der Waals surface area (Å²) in [6.45, 7) is 3.79. The summed E-state index contributed by atoms with van der Waals surface area (Å²) < 4.78 is 21.5. The molecular weight excluding hydrogens is 419 g/mol. The van der Waals surface area contributed by atoms with Gasteiger partial charge in [-0.25, -0.2) is 9.18 Å². The number of carbonyl (C=O) groups is 1. The van der Waals surface area contributed by atoms with Crippen LogP contribution >= 0.6 is 31.9 Å². The molecule has 0 amide bonds. The lowest BCUT2D eigenvalue weighted by Gasteiger charge is -2.11. The zero-order valence-electron chi connectivity index (χ0n) is 12.4. The van der Waals surface area contributed by atoms with Crippen molar-refractivity contribution in [1.29, 1.82) is 0 Å². The van der Waals surface area contributed by atoms with Crippen molar-refractivity contribution in [2.24, 2.45) is 7.05 Å². The van der Waals surface area contributed by atoms with Crippen LogP contribution < -0.4 is 0 Å². The predicted molar refractivity (Wildman–Crippen MR) is 88.8 cm³/mol. The van der Waals surface area contributed by atoms with E-state index in [1.165, 1.54) is 6.07 Å². The van der Waals surface area contributed by atoms with Crippen LogP contribution in [0.25, 0.3) is 0 Å². The van der Waals surface area contributed by atoms with Gasteiger partial charge in [0, 0.05) is 22.8 Å². The van der Waals surface area contributed by atoms with Crippen molar-refractivity contribution < 1.29 is 13.9 Å². The summed E-state index contributed by atoms with van der Waals surface area (Å²) in [5.41, 5.74) is 1.90. The quantitative estimate of drug-likeness (QED) is 0.533. The predicted octanol–water partition coefficient (Wildman–Crippen LogP) is 4.29. The van der Waals surface area contributed by atoms with Crippen molar-refractivity contribution in [3.8, 4) is 0 Å². The largest absolute Gasteiger partial charge is 0.462 e. The first kappa shape index (κ1) is 17.1. The van der Waals surface area contributed by atoms with Gasteiger partial charge in [-0.2, -0.15) is 5.10 Å². The first-order valence-electron chi connectivity index (χ1n) is 6.66. The molecule has 0 bridgehead atoms. The summed E-state index contributed by atoms with van der Waals surface area (Å²) in [6.07, 6.45) is 0. The molecule has 0 spiro atoms. The van der Waals surface area contributed by atoms with Crippen LogP contribution in [0.4, 0.5) is 4.39 Å². The Labute approximate surface area is 144 Å². The van der Waals surface area contributed by atoms with E-state index < -0.39 is 10.8 Å². The number of ether oxygens (including phenoxy) is 1. The lowest BCUT2D eigenvalue weighted by molar-refractivity contribution is 0.0524. The van der Waals surface area contributed by atoms with Crippen LogP contribution in [0.2, 0.25) is 0 Å². The number of aromatic nitrogens is 2. The smallest absolute Gasteiger partial charge is 0.341 e. The van der Waals surface area contributed by atoms with E-state index in [9.17, 15) is 9.18 Å². The van der Waals surface area contributed by atoms with Crippen molar-refractivity contribution in [2.75, 3.05) is 6.61 Å². The molecule has 1 atom stereocenters. The zero-order valence-corrected chi connectivity index (χ0v) is 15.5. The van der Waals surface area contributed by atoms with Crippen LogP contribution in [0.1, 0.15) is 39.1 Å². The van der Waals surface area contributed by atoms with Crippen LogP contribution in [0.15, 0.2) is 22.7 Å². The molecule has 22 heavy (non-hydrogen) atoms. The monoisotopic (exact) mass is 432 g/mol. The molecule has 1 aromatic heterocycles. The Bertz CT molecular complexity index is 716. The average molecular weight is 434 g/mol. The van der Waals surface area contributed by atoms with Gasteiger partial charge in [0.2, 0.25) is 0 Å². The van der Waals surface area contributed by atoms with Gasteiger partial charge in [-0.15, -0.1) is 0 Å². The van der Waals surface area contributed by atoms with Gasteiger partial charge in [0.1, 0.15) is 11.4 Å². The average Bonchev–Trinajstić information content (AvgIpc) is 2.74. The Kier molecular flexibility index (Phi) is 5.39. The third kappa shape index (κ3) is 3.25. The Morgan fingerprint density at radius 2 is 2.18 bits per heavy atom. The second-order valence-electron chi connectivity index (χ2n) is 4.72. The Morgan fingerprint density at radius 3 is 2.77 bits per heavy atom. The molecule has 1 unspecified atom stereocenters. The van der Waals surface area contributed by atoms with Crippen molar-refractivity contribution >= 4 is 37.8 Å². The third-order valence-electron chi connectivity index (χ3n) is 3.32. The number of hydrogen-bond donors (Lipinski definition) is 0. The van der Waals surface area contributed by atoms with Crippen LogP contribution in [0.3, 0.4) is 0 Å². The molecule has 2 aromatic rings. The fourth-order valence-corrected chi connectivity index (χ4v) is 3.15. The molecule has 0 saturated carbocycles. The number of esters is 1. The number of rotatable bonds is 4. The minimum atomic E-state index is -0.542. The van der Waals surface area contributed by atoms with Gasteiger partial charge in [0.25, 0.3) is 0 Å². The summed E-state index contributed by atoms with van der Waals surface area (Å²) in [5, 5.41) is 4.34. The number of nitrogens with zero attached hydrogens (tertiary/aromatic N) is 2. The van der Waals surface area contributed by atoms with Gasteiger partial charge < -0.3 is 4.74 Å². The molecule has 0 aliphatic carbocycles. The molecule has 4 nitrogen and oxygen atoms in total. The van der Waals surface area contributed by atoms with Gasteiger partial charge in [-0.3, -0.25) is 4.68 Å². The highest BCUT2D eigenvalue weighted by atomic mass is 79.9. The van der Waals surface area contributed by atoms with Gasteiger partial charge in [-0.05, 0) is 26.0 Å². The highest BCUT2D eigenvalue weighted by Crippen LogP contribution is 2.35. The Morgan fingerprint density at radius 1 is 1.50 bits per heavy atom. The highest BCUT2D eigenvalue weighted by molar-refractivity contribution is 9.10. The topological polar surface area (TPSA) is 44.1 Å². The number of alkyl halides is 1. The normalized spacial score (nSPS) is 12.3. The first-order chi connectivity index (χ1) is 10.4. The summed E-state index contributed by atoms with van der Waals surface area (Å²) >= 11 is 6.67. The molecule has 7 heteroatoms. The minimum Gasteiger partial charge on any atom is -0.462 e. The molecule has 118 valence electrons. The third-order valence-corrected chi connectivity index (χ3v) is 4.74. The zero-order chi connectivity index (χ0) is 16.4. The SMILES string of the molecule is CCOC(=O)c1c(C(Br)c2ccc(Br)cc2F)nn(C)c1C. The molecule has 0 fully saturated rings. The maximum atomic E-state index is 14.2. The number of carbonyl (C=O) groups excluding carboxylic acids is 1. The Balaban J connectivity index is 2.52. The molecule has 0 N–H and O–H groups in total. The highest BCUT2D eigenvalue weighted by Gasteiger charge is 2.28. The standard InChI is InChI=1S/C15H15Br2FN2O2/c1-4-22-15(21)12-8(2)20(3)19-14(12)13(17)10-6-5-9(16)7-11(10)18/h5-7,13H,4H2,1-3H3. The molecule has 0 aliphatic heterocycles. The van der Waals surface area contributed by atoms with E-state index in [2.05, 4.69) is 37.0 Å². The molecule has 0 saturated heterocycles. The summed E-state index contributed by atoms with van der Waals surface area (Å²) in [4.78, 5) is 11.6. The Hall–Kier alpha value is -1.21. The van der Waals surface area contributed by atoms with Crippen molar-refractivity contribution in [2.45, 2.75) is 18.7 Å². The maximum Gasteiger partial charge on any atom is 0.341 e. The van der Waals surface area contributed by atoms with Crippen molar-refractivity contribution in [1.82, 2.24) is 9.78 Å². The van der Waals surface area contributed by atoms with Crippen LogP contribution in [0, 0.1) is 12.7 Å². The molecule has 0 radical (unpaired) electrons. The van der Waals surface area contributed by atoms with Gasteiger partial charge in [-0.1, -0.05) is 37.9 Å². The molecule has 2 rings (SSSR count). The van der Waals surface area contributed by atoms with Crippen LogP contribution in [0.5, 0.6) is 0 Å². The van der Waals surface area contributed by atoms with Crippen LogP contribution in [-0.4, -0.2) is 22.4 Å². The van der Waals surface area contributed by atoms with E-state index in [-0.39, 0.29) is 12.4 Å². The molecular formula is C15H15Br2FN2O2. The van der Waals surface area contributed by atoms with E-state index in [4.69, 9.17) is 4.74 Å². The second kappa shape index (κ2) is 6.91. The van der Waals surface area contributed by atoms with Gasteiger partial charge in [0.15, 0.2) is 0 Å². The van der Waals surface area contributed by atoms with E-state index in [1.807, 2.05) is 0 Å². The second-order valence-corrected chi connectivity index (χ2v) is 6.55. The number of hydrogen-bond acceptors (Lipinski definition) is 3. The lowest BCUT2D eigenvalue weighted by Crippen LogP contribution is -2.10.